The maximum atomic E-state index is 12.6. The average molecular weight is 437 g/mol. The number of hydrogen-bond acceptors (Lipinski definition) is 5. The summed E-state index contributed by atoms with van der Waals surface area (Å²) in [4.78, 5) is 36.3. The van der Waals surface area contributed by atoms with Crippen molar-refractivity contribution < 1.29 is 18.8 Å². The van der Waals surface area contributed by atoms with Gasteiger partial charge in [0.05, 0.1) is 18.1 Å². The van der Waals surface area contributed by atoms with Gasteiger partial charge in [0, 0.05) is 6.04 Å². The third-order valence-corrected chi connectivity index (χ3v) is 5.21. The van der Waals surface area contributed by atoms with Crippen molar-refractivity contribution in [3.8, 4) is 11.1 Å². The van der Waals surface area contributed by atoms with E-state index in [4.69, 9.17) is 9.26 Å². The van der Waals surface area contributed by atoms with E-state index < -0.39 is 16.9 Å². The average Bonchev–Trinajstić information content (AvgIpc) is 3.21. The van der Waals surface area contributed by atoms with Crippen LogP contribution in [0.25, 0.3) is 11.1 Å². The molecule has 0 spiro atoms. The molecule has 2 N–H and O–H groups in total. The van der Waals surface area contributed by atoms with Crippen LogP contribution in [0.2, 0.25) is 0 Å². The largest absolute Gasteiger partial charge is 0.466 e. The van der Waals surface area contributed by atoms with Crippen LogP contribution in [0.1, 0.15) is 43.3 Å². The van der Waals surface area contributed by atoms with Gasteiger partial charge in [0.1, 0.15) is 0 Å². The summed E-state index contributed by atoms with van der Waals surface area (Å²) in [6.07, 6.45) is 0.852. The number of aromatic nitrogens is 1. The van der Waals surface area contributed by atoms with E-state index in [0.29, 0.717) is 12.8 Å². The van der Waals surface area contributed by atoms with Crippen LogP contribution >= 0.6 is 0 Å². The number of rotatable bonds is 9. The number of nitrogens with one attached hydrogen (secondary N) is 2. The molecule has 7 heteroatoms. The van der Waals surface area contributed by atoms with Crippen LogP contribution in [0.4, 0.5) is 0 Å². The zero-order chi connectivity index (χ0) is 23.1. The van der Waals surface area contributed by atoms with E-state index in [-0.39, 0.29) is 24.4 Å². The summed E-state index contributed by atoms with van der Waals surface area (Å²) in [6, 6.07) is 18.8. The Kier molecular flexibility index (Phi) is 7.30. The molecule has 0 radical (unpaired) electrons. The van der Waals surface area contributed by atoms with Crippen molar-refractivity contribution in [3.05, 3.63) is 82.3 Å². The third kappa shape index (κ3) is 5.97. The number of ether oxygens (including phenoxy) is 1. The zero-order valence-corrected chi connectivity index (χ0v) is 18.5. The Hall–Kier alpha value is -3.61. The Morgan fingerprint density at radius 3 is 2.31 bits per heavy atom. The smallest absolute Gasteiger partial charge is 0.311 e. The molecule has 0 unspecified atom stereocenters. The summed E-state index contributed by atoms with van der Waals surface area (Å²) < 4.78 is 10.1. The lowest BCUT2D eigenvalue weighted by Crippen LogP contribution is -2.42. The standard InChI is InChI=1S/C25H28N2O5/c1-4-31-24(30)25(2,3)16-20(26-23(29)21-15-22(28)27-32-21)14-17-10-12-19(13-11-17)18-8-6-5-7-9-18/h5-13,15,20H,4,14,16H2,1-3H3,(H,26,29)(H,27,28)/t20-/m1/s1. The van der Waals surface area contributed by atoms with Crippen molar-refractivity contribution >= 4 is 11.9 Å². The first kappa shape index (κ1) is 23.1. The Labute approximate surface area is 186 Å². The minimum Gasteiger partial charge on any atom is -0.466 e. The predicted octanol–water partition coefficient (Wildman–Crippen LogP) is 3.96. The molecule has 168 valence electrons. The summed E-state index contributed by atoms with van der Waals surface area (Å²) in [6.45, 7) is 5.63. The van der Waals surface area contributed by atoms with Crippen molar-refractivity contribution in [1.29, 1.82) is 0 Å². The van der Waals surface area contributed by atoms with Gasteiger partial charge in [-0.15, -0.1) is 0 Å². The number of amides is 1. The highest BCUT2D eigenvalue weighted by atomic mass is 16.5. The minimum atomic E-state index is -0.809. The number of H-pyrrole nitrogens is 1. The lowest BCUT2D eigenvalue weighted by Gasteiger charge is -2.28. The molecule has 0 fully saturated rings. The van der Waals surface area contributed by atoms with E-state index in [1.807, 2.05) is 54.6 Å². The van der Waals surface area contributed by atoms with Crippen LogP contribution in [0.5, 0.6) is 0 Å². The molecule has 1 heterocycles. The number of aromatic amines is 1. The second-order valence-corrected chi connectivity index (χ2v) is 8.32. The maximum absolute atomic E-state index is 12.6. The van der Waals surface area contributed by atoms with E-state index in [0.717, 1.165) is 22.8 Å². The van der Waals surface area contributed by atoms with Crippen LogP contribution in [0.15, 0.2) is 70.0 Å². The Morgan fingerprint density at radius 1 is 1.06 bits per heavy atom. The molecule has 0 aliphatic carbocycles. The molecule has 0 aliphatic heterocycles. The Morgan fingerprint density at radius 2 is 1.72 bits per heavy atom. The van der Waals surface area contributed by atoms with Gasteiger partial charge in [-0.1, -0.05) is 54.6 Å². The zero-order valence-electron chi connectivity index (χ0n) is 18.5. The summed E-state index contributed by atoms with van der Waals surface area (Å²) in [5.74, 6) is -0.950. The van der Waals surface area contributed by atoms with Gasteiger partial charge in [-0.25, -0.2) is 0 Å². The summed E-state index contributed by atoms with van der Waals surface area (Å²) >= 11 is 0. The highest BCUT2D eigenvalue weighted by Crippen LogP contribution is 2.27. The van der Waals surface area contributed by atoms with Gasteiger partial charge >= 0.3 is 5.97 Å². The van der Waals surface area contributed by atoms with E-state index >= 15 is 0 Å². The second-order valence-electron chi connectivity index (χ2n) is 8.32. The van der Waals surface area contributed by atoms with Crippen LogP contribution in [0.3, 0.4) is 0 Å². The molecule has 3 rings (SSSR count). The predicted molar refractivity (Wildman–Crippen MR) is 121 cm³/mol. The van der Waals surface area contributed by atoms with E-state index in [9.17, 15) is 14.4 Å². The number of carbonyl (C=O) groups is 2. The SMILES string of the molecule is CCOC(=O)C(C)(C)C[C@@H](Cc1ccc(-c2ccccc2)cc1)NC(=O)c1cc(=O)[nH]o1. The first-order valence-electron chi connectivity index (χ1n) is 10.6. The van der Waals surface area contributed by atoms with Gasteiger partial charge in [0.2, 0.25) is 5.76 Å². The third-order valence-electron chi connectivity index (χ3n) is 5.21. The molecule has 7 nitrogen and oxygen atoms in total. The molecule has 0 saturated heterocycles. The number of benzene rings is 2. The van der Waals surface area contributed by atoms with Crippen LogP contribution in [-0.4, -0.2) is 29.7 Å². The lowest BCUT2D eigenvalue weighted by atomic mass is 9.83. The fraction of sp³-hybridized carbons (Fsp3) is 0.320. The van der Waals surface area contributed by atoms with Gasteiger partial charge in [0.15, 0.2) is 0 Å². The van der Waals surface area contributed by atoms with E-state index in [1.54, 1.807) is 20.8 Å². The molecule has 0 aliphatic rings. The van der Waals surface area contributed by atoms with Crippen molar-refractivity contribution in [2.45, 2.75) is 39.7 Å². The molecule has 0 saturated carbocycles. The van der Waals surface area contributed by atoms with Crippen molar-refractivity contribution in [2.75, 3.05) is 6.61 Å². The highest BCUT2D eigenvalue weighted by Gasteiger charge is 2.33. The van der Waals surface area contributed by atoms with Gasteiger partial charge in [-0.05, 0) is 50.3 Å². The fourth-order valence-corrected chi connectivity index (χ4v) is 3.60. The van der Waals surface area contributed by atoms with Crippen molar-refractivity contribution in [2.24, 2.45) is 5.41 Å². The van der Waals surface area contributed by atoms with Gasteiger partial charge < -0.3 is 14.6 Å². The minimum absolute atomic E-state index is 0.103. The van der Waals surface area contributed by atoms with Gasteiger partial charge in [-0.3, -0.25) is 14.4 Å². The molecule has 1 aromatic heterocycles. The quantitative estimate of drug-likeness (QED) is 0.495. The fourth-order valence-electron chi connectivity index (χ4n) is 3.60. The number of hydrogen-bond donors (Lipinski definition) is 2. The second kappa shape index (κ2) is 10.1. The molecule has 1 atom stereocenters. The first-order chi connectivity index (χ1) is 15.3. The molecule has 2 aromatic carbocycles. The van der Waals surface area contributed by atoms with E-state index in [1.165, 1.54) is 0 Å². The first-order valence-corrected chi connectivity index (χ1v) is 10.6. The lowest BCUT2D eigenvalue weighted by molar-refractivity contribution is -0.154. The monoisotopic (exact) mass is 436 g/mol. The normalized spacial score (nSPS) is 12.2. The number of esters is 1. The van der Waals surface area contributed by atoms with Crippen LogP contribution in [0, 0.1) is 5.41 Å². The summed E-state index contributed by atoms with van der Waals surface area (Å²) in [5.41, 5.74) is 1.92. The Balaban J connectivity index is 1.78. The van der Waals surface area contributed by atoms with Gasteiger partial charge in [0.25, 0.3) is 11.5 Å². The summed E-state index contributed by atoms with van der Waals surface area (Å²) in [5, 5.41) is 5.01. The Bertz CT molecular complexity index is 1100. The molecule has 32 heavy (non-hydrogen) atoms. The molecular formula is C25H28N2O5. The topological polar surface area (TPSA) is 101 Å². The molecule has 0 bridgehead atoms. The molecular weight excluding hydrogens is 408 g/mol. The maximum Gasteiger partial charge on any atom is 0.311 e. The number of carbonyl (C=O) groups excluding carboxylic acids is 2. The van der Waals surface area contributed by atoms with Crippen molar-refractivity contribution in [1.82, 2.24) is 10.5 Å². The van der Waals surface area contributed by atoms with E-state index in [2.05, 4.69) is 10.5 Å². The summed E-state index contributed by atoms with van der Waals surface area (Å²) in [7, 11) is 0. The van der Waals surface area contributed by atoms with Crippen LogP contribution < -0.4 is 10.9 Å². The van der Waals surface area contributed by atoms with Gasteiger partial charge in [-0.2, -0.15) is 5.16 Å². The van der Waals surface area contributed by atoms with Crippen molar-refractivity contribution in [3.63, 3.8) is 0 Å². The molecule has 1 amide bonds. The highest BCUT2D eigenvalue weighted by molar-refractivity contribution is 5.91. The molecule has 3 aromatic rings. The van der Waals surface area contributed by atoms with Crippen LogP contribution in [-0.2, 0) is 16.0 Å².